The van der Waals surface area contributed by atoms with Crippen molar-refractivity contribution < 1.29 is 9.47 Å². The third-order valence-corrected chi connectivity index (χ3v) is 4.40. The van der Waals surface area contributed by atoms with Gasteiger partial charge in [0.25, 0.3) is 0 Å². The van der Waals surface area contributed by atoms with Gasteiger partial charge in [0.05, 0.1) is 12.7 Å². The number of ether oxygens (including phenoxy) is 2. The number of guanidine groups is 1. The van der Waals surface area contributed by atoms with Crippen molar-refractivity contribution in [1.82, 2.24) is 10.6 Å². The highest BCUT2D eigenvalue weighted by Gasteiger charge is 2.15. The van der Waals surface area contributed by atoms with E-state index in [-0.39, 0.29) is 6.10 Å². The highest BCUT2D eigenvalue weighted by atomic mass is 16.5. The molecule has 134 valence electrons. The van der Waals surface area contributed by atoms with Gasteiger partial charge in [-0.1, -0.05) is 42.5 Å². The molecule has 1 fully saturated rings. The van der Waals surface area contributed by atoms with Gasteiger partial charge in [-0.25, -0.2) is 0 Å². The number of fused-ring (bicyclic) bond motifs is 1. The molecule has 0 bridgehead atoms. The molecule has 1 aliphatic heterocycles. The summed E-state index contributed by atoms with van der Waals surface area (Å²) in [5, 5.41) is 9.27. The molecule has 0 amide bonds. The van der Waals surface area contributed by atoms with E-state index < -0.39 is 0 Å². The zero-order chi connectivity index (χ0) is 17.3. The van der Waals surface area contributed by atoms with Gasteiger partial charge in [-0.05, 0) is 29.2 Å². The van der Waals surface area contributed by atoms with Crippen molar-refractivity contribution in [2.24, 2.45) is 4.99 Å². The molecule has 1 saturated heterocycles. The molecule has 1 unspecified atom stereocenters. The topological polar surface area (TPSA) is 54.9 Å². The van der Waals surface area contributed by atoms with Crippen LogP contribution in [0.25, 0.3) is 10.8 Å². The fourth-order valence-corrected chi connectivity index (χ4v) is 3.02. The number of rotatable bonds is 7. The van der Waals surface area contributed by atoms with Gasteiger partial charge < -0.3 is 20.1 Å². The minimum atomic E-state index is 0.281. The normalized spacial score (nSPS) is 17.8. The Hall–Kier alpha value is -2.11. The molecule has 0 spiro atoms. The summed E-state index contributed by atoms with van der Waals surface area (Å²) in [5.74, 6) is 0.817. The second-order valence-corrected chi connectivity index (χ2v) is 6.20. The van der Waals surface area contributed by atoms with Gasteiger partial charge in [0.15, 0.2) is 5.96 Å². The summed E-state index contributed by atoms with van der Waals surface area (Å²) in [6, 6.07) is 14.8. The Labute approximate surface area is 149 Å². The smallest absolute Gasteiger partial charge is 0.191 e. The van der Waals surface area contributed by atoms with E-state index in [0.717, 1.165) is 51.7 Å². The Bertz CT molecular complexity index is 691. The fourth-order valence-electron chi connectivity index (χ4n) is 3.02. The van der Waals surface area contributed by atoms with Crippen molar-refractivity contribution in [2.75, 3.05) is 33.4 Å². The van der Waals surface area contributed by atoms with Crippen LogP contribution in [-0.4, -0.2) is 45.5 Å². The van der Waals surface area contributed by atoms with E-state index in [4.69, 9.17) is 9.47 Å². The van der Waals surface area contributed by atoms with E-state index in [1.54, 1.807) is 7.05 Å². The van der Waals surface area contributed by atoms with E-state index >= 15 is 0 Å². The van der Waals surface area contributed by atoms with Crippen LogP contribution < -0.4 is 10.6 Å². The first-order valence-corrected chi connectivity index (χ1v) is 8.97. The highest BCUT2D eigenvalue weighted by molar-refractivity contribution is 5.86. The minimum Gasteiger partial charge on any atom is -0.379 e. The first-order valence-electron chi connectivity index (χ1n) is 8.97. The lowest BCUT2D eigenvalue weighted by molar-refractivity contribution is 0.0420. The lowest BCUT2D eigenvalue weighted by Gasteiger charge is -2.14. The van der Waals surface area contributed by atoms with Crippen LogP contribution in [0.3, 0.4) is 0 Å². The van der Waals surface area contributed by atoms with E-state index in [2.05, 4.69) is 58.1 Å². The molecule has 25 heavy (non-hydrogen) atoms. The molecular weight excluding hydrogens is 314 g/mol. The van der Waals surface area contributed by atoms with Gasteiger partial charge in [0.1, 0.15) is 0 Å². The Morgan fingerprint density at radius 2 is 2.08 bits per heavy atom. The van der Waals surface area contributed by atoms with E-state index in [0.29, 0.717) is 0 Å². The highest BCUT2D eigenvalue weighted by Crippen LogP contribution is 2.18. The van der Waals surface area contributed by atoms with Crippen LogP contribution in [0.4, 0.5) is 0 Å². The molecule has 0 aliphatic carbocycles. The van der Waals surface area contributed by atoms with Gasteiger partial charge in [0.2, 0.25) is 0 Å². The molecule has 3 rings (SSSR count). The fraction of sp³-hybridized carbons (Fsp3) is 0.450. The zero-order valence-corrected chi connectivity index (χ0v) is 14.8. The molecule has 0 saturated carbocycles. The third kappa shape index (κ3) is 5.18. The lowest BCUT2D eigenvalue weighted by Crippen LogP contribution is -2.37. The largest absolute Gasteiger partial charge is 0.379 e. The van der Waals surface area contributed by atoms with Crippen LogP contribution in [0.1, 0.15) is 18.4 Å². The van der Waals surface area contributed by atoms with Gasteiger partial charge >= 0.3 is 0 Å². The Morgan fingerprint density at radius 1 is 1.20 bits per heavy atom. The Balaban J connectivity index is 1.41. The average molecular weight is 341 g/mol. The molecule has 0 aromatic heterocycles. The first kappa shape index (κ1) is 17.7. The molecule has 2 aromatic rings. The molecular formula is C20H27N3O2. The number of hydrogen-bond donors (Lipinski definition) is 2. The zero-order valence-electron chi connectivity index (χ0n) is 14.8. The van der Waals surface area contributed by atoms with Crippen molar-refractivity contribution in [3.05, 3.63) is 48.0 Å². The SMILES string of the molecule is CN=C(NCCCOC1CCOC1)NCc1cccc2ccccc12. The van der Waals surface area contributed by atoms with E-state index in [9.17, 15) is 0 Å². The summed E-state index contributed by atoms with van der Waals surface area (Å²) in [4.78, 5) is 4.29. The maximum Gasteiger partial charge on any atom is 0.191 e. The van der Waals surface area contributed by atoms with E-state index in [1.807, 2.05) is 0 Å². The van der Waals surface area contributed by atoms with Crippen molar-refractivity contribution in [3.8, 4) is 0 Å². The second-order valence-electron chi connectivity index (χ2n) is 6.20. The van der Waals surface area contributed by atoms with Crippen molar-refractivity contribution in [3.63, 3.8) is 0 Å². The molecule has 2 aromatic carbocycles. The lowest BCUT2D eigenvalue weighted by atomic mass is 10.0. The van der Waals surface area contributed by atoms with Gasteiger partial charge in [0, 0.05) is 33.4 Å². The number of benzene rings is 2. The van der Waals surface area contributed by atoms with Crippen LogP contribution in [-0.2, 0) is 16.0 Å². The van der Waals surface area contributed by atoms with Crippen molar-refractivity contribution in [2.45, 2.75) is 25.5 Å². The van der Waals surface area contributed by atoms with E-state index in [1.165, 1.54) is 16.3 Å². The molecule has 1 heterocycles. The Morgan fingerprint density at radius 3 is 2.92 bits per heavy atom. The van der Waals surface area contributed by atoms with Crippen molar-refractivity contribution >= 4 is 16.7 Å². The maximum atomic E-state index is 5.77. The molecule has 0 radical (unpaired) electrons. The van der Waals surface area contributed by atoms with Crippen LogP contribution >= 0.6 is 0 Å². The summed E-state index contributed by atoms with van der Waals surface area (Å²) >= 11 is 0. The van der Waals surface area contributed by atoms with Gasteiger partial charge in [-0.3, -0.25) is 4.99 Å². The number of nitrogens with zero attached hydrogens (tertiary/aromatic N) is 1. The van der Waals surface area contributed by atoms with Gasteiger partial charge in [-0.15, -0.1) is 0 Å². The molecule has 2 N–H and O–H groups in total. The van der Waals surface area contributed by atoms with Crippen molar-refractivity contribution in [1.29, 1.82) is 0 Å². The molecule has 1 atom stereocenters. The predicted molar refractivity (Wildman–Crippen MR) is 102 cm³/mol. The second kappa shape index (κ2) is 9.39. The maximum absolute atomic E-state index is 5.77. The summed E-state index contributed by atoms with van der Waals surface area (Å²) in [5.41, 5.74) is 1.27. The summed E-state index contributed by atoms with van der Waals surface area (Å²) in [6.07, 6.45) is 2.25. The van der Waals surface area contributed by atoms with Gasteiger partial charge in [-0.2, -0.15) is 0 Å². The standard InChI is InChI=1S/C20H27N3O2/c1-21-20(22-11-5-12-25-18-10-13-24-15-18)23-14-17-8-4-7-16-6-2-3-9-19(16)17/h2-4,6-9,18H,5,10-15H2,1H3,(H2,21,22,23). The molecule has 5 nitrogen and oxygen atoms in total. The quantitative estimate of drug-likeness (QED) is 0.462. The average Bonchev–Trinajstić information content (AvgIpc) is 3.17. The number of aliphatic imine (C=N–C) groups is 1. The summed E-state index contributed by atoms with van der Waals surface area (Å²) in [7, 11) is 1.80. The van der Waals surface area contributed by atoms with Crippen LogP contribution in [0, 0.1) is 0 Å². The summed E-state index contributed by atoms with van der Waals surface area (Å²) in [6.45, 7) is 3.90. The molecule has 5 heteroatoms. The predicted octanol–water partition coefficient (Wildman–Crippen LogP) is 2.70. The minimum absolute atomic E-state index is 0.281. The Kier molecular flexibility index (Phi) is 6.65. The molecule has 1 aliphatic rings. The number of hydrogen-bond acceptors (Lipinski definition) is 3. The van der Waals surface area contributed by atoms with Crippen LogP contribution in [0.5, 0.6) is 0 Å². The monoisotopic (exact) mass is 341 g/mol. The first-order chi connectivity index (χ1) is 12.4. The summed E-state index contributed by atoms with van der Waals surface area (Å²) < 4.78 is 11.1. The van der Waals surface area contributed by atoms with Crippen LogP contribution in [0.2, 0.25) is 0 Å². The van der Waals surface area contributed by atoms with Crippen LogP contribution in [0.15, 0.2) is 47.5 Å². The number of nitrogens with one attached hydrogen (secondary N) is 2. The third-order valence-electron chi connectivity index (χ3n) is 4.40.